The summed E-state index contributed by atoms with van der Waals surface area (Å²) in [6.45, 7) is 6.43. The molecule has 2 unspecified atom stereocenters. The maximum Gasteiger partial charge on any atom is 0.155 e. The predicted octanol–water partition coefficient (Wildman–Crippen LogP) is 3.90. The highest BCUT2D eigenvalue weighted by atomic mass is 16.1. The van der Waals surface area contributed by atoms with Gasteiger partial charge in [-0.15, -0.1) is 0 Å². The topological polar surface area (TPSA) is 17.1 Å². The van der Waals surface area contributed by atoms with Gasteiger partial charge in [0.15, 0.2) is 5.78 Å². The Labute approximate surface area is 93.3 Å². The molecule has 0 aliphatic heterocycles. The number of carbonyl (C=O) groups excluding carboxylic acids is 1. The summed E-state index contributed by atoms with van der Waals surface area (Å²) in [7, 11) is 0. The standard InChI is InChI=1S/C14H22O/c1-4-6-8-14-11(3)9-13(15)10-12(14)7-5-2/h6,8-9,12,14H,4-5,7,10H2,1-3H3. The molecule has 1 heteroatoms. The van der Waals surface area contributed by atoms with Crippen LogP contribution in [0.5, 0.6) is 0 Å². The molecule has 0 bridgehead atoms. The van der Waals surface area contributed by atoms with E-state index in [1.54, 1.807) is 0 Å². The maximum absolute atomic E-state index is 11.5. The van der Waals surface area contributed by atoms with Crippen LogP contribution in [0.3, 0.4) is 0 Å². The minimum Gasteiger partial charge on any atom is -0.295 e. The van der Waals surface area contributed by atoms with Crippen molar-refractivity contribution in [3.8, 4) is 0 Å². The fourth-order valence-electron chi connectivity index (χ4n) is 2.41. The largest absolute Gasteiger partial charge is 0.295 e. The molecule has 0 aromatic carbocycles. The van der Waals surface area contributed by atoms with Crippen LogP contribution in [0, 0.1) is 11.8 Å². The minimum atomic E-state index is 0.312. The number of ketones is 1. The summed E-state index contributed by atoms with van der Waals surface area (Å²) in [6, 6.07) is 0. The molecular formula is C14H22O. The lowest BCUT2D eigenvalue weighted by Crippen LogP contribution is -2.22. The molecule has 84 valence electrons. The highest BCUT2D eigenvalue weighted by molar-refractivity contribution is 5.91. The average molecular weight is 206 g/mol. The van der Waals surface area contributed by atoms with Crippen molar-refractivity contribution in [2.24, 2.45) is 11.8 Å². The van der Waals surface area contributed by atoms with Crippen LogP contribution in [0.15, 0.2) is 23.8 Å². The van der Waals surface area contributed by atoms with Crippen molar-refractivity contribution in [3.63, 3.8) is 0 Å². The summed E-state index contributed by atoms with van der Waals surface area (Å²) in [6.07, 6.45) is 10.5. The van der Waals surface area contributed by atoms with Crippen molar-refractivity contribution < 1.29 is 4.79 Å². The van der Waals surface area contributed by atoms with Gasteiger partial charge in [0.25, 0.3) is 0 Å². The fraction of sp³-hybridized carbons (Fsp3) is 0.643. The van der Waals surface area contributed by atoms with Crippen molar-refractivity contribution in [1.82, 2.24) is 0 Å². The molecule has 0 spiro atoms. The van der Waals surface area contributed by atoms with Crippen molar-refractivity contribution in [1.29, 1.82) is 0 Å². The zero-order chi connectivity index (χ0) is 11.3. The van der Waals surface area contributed by atoms with E-state index < -0.39 is 0 Å². The Balaban J connectivity index is 2.80. The zero-order valence-corrected chi connectivity index (χ0v) is 10.1. The lowest BCUT2D eigenvalue weighted by Gasteiger charge is -2.28. The second-order valence-corrected chi connectivity index (χ2v) is 4.47. The summed E-state index contributed by atoms with van der Waals surface area (Å²) in [5.74, 6) is 1.35. The first-order chi connectivity index (χ1) is 7.19. The molecule has 0 aromatic heterocycles. The monoisotopic (exact) mass is 206 g/mol. The van der Waals surface area contributed by atoms with Crippen LogP contribution in [0.25, 0.3) is 0 Å². The SMILES string of the molecule is CCC=CC1C(C)=CC(=O)CC1CCC. The molecular weight excluding hydrogens is 184 g/mol. The van der Waals surface area contributed by atoms with Crippen LogP contribution in [0.1, 0.15) is 46.5 Å². The van der Waals surface area contributed by atoms with Crippen molar-refractivity contribution in [2.75, 3.05) is 0 Å². The predicted molar refractivity (Wildman–Crippen MR) is 64.7 cm³/mol. The molecule has 2 atom stereocenters. The lowest BCUT2D eigenvalue weighted by atomic mass is 9.76. The molecule has 1 aliphatic rings. The lowest BCUT2D eigenvalue weighted by molar-refractivity contribution is -0.116. The molecule has 0 amide bonds. The molecule has 1 nitrogen and oxygen atoms in total. The number of hydrogen-bond donors (Lipinski definition) is 0. The molecule has 15 heavy (non-hydrogen) atoms. The summed E-state index contributed by atoms with van der Waals surface area (Å²) in [5, 5.41) is 0. The number of allylic oxidation sites excluding steroid dienone is 4. The summed E-state index contributed by atoms with van der Waals surface area (Å²) in [5.41, 5.74) is 1.24. The first kappa shape index (κ1) is 12.2. The molecule has 0 saturated heterocycles. The molecule has 0 heterocycles. The van der Waals surface area contributed by atoms with Gasteiger partial charge in [-0.25, -0.2) is 0 Å². The Morgan fingerprint density at radius 1 is 1.47 bits per heavy atom. The molecule has 1 aliphatic carbocycles. The van der Waals surface area contributed by atoms with Gasteiger partial charge in [-0.2, -0.15) is 0 Å². The molecule has 0 fully saturated rings. The summed E-state index contributed by atoms with van der Waals surface area (Å²) < 4.78 is 0. The Bertz CT molecular complexity index is 273. The molecule has 0 aromatic rings. The van der Waals surface area contributed by atoms with Crippen LogP contribution in [-0.2, 0) is 4.79 Å². The third-order valence-corrected chi connectivity index (χ3v) is 3.12. The molecule has 0 radical (unpaired) electrons. The van der Waals surface area contributed by atoms with Crippen LogP contribution >= 0.6 is 0 Å². The Kier molecular flexibility index (Phi) is 4.80. The third-order valence-electron chi connectivity index (χ3n) is 3.12. The van der Waals surface area contributed by atoms with Gasteiger partial charge in [0.05, 0.1) is 0 Å². The Morgan fingerprint density at radius 3 is 2.80 bits per heavy atom. The van der Waals surface area contributed by atoms with E-state index in [2.05, 4.69) is 32.9 Å². The third kappa shape index (κ3) is 3.33. The van der Waals surface area contributed by atoms with Gasteiger partial charge >= 0.3 is 0 Å². The van der Waals surface area contributed by atoms with Gasteiger partial charge in [0, 0.05) is 12.3 Å². The van der Waals surface area contributed by atoms with E-state index in [-0.39, 0.29) is 0 Å². The minimum absolute atomic E-state index is 0.312. The van der Waals surface area contributed by atoms with E-state index in [1.807, 2.05) is 6.08 Å². The van der Waals surface area contributed by atoms with Gasteiger partial charge < -0.3 is 0 Å². The van der Waals surface area contributed by atoms with E-state index in [0.717, 1.165) is 19.3 Å². The summed E-state index contributed by atoms with van der Waals surface area (Å²) in [4.78, 5) is 11.5. The van der Waals surface area contributed by atoms with Crippen molar-refractivity contribution in [2.45, 2.75) is 46.5 Å². The second kappa shape index (κ2) is 5.89. The zero-order valence-electron chi connectivity index (χ0n) is 10.1. The van der Waals surface area contributed by atoms with Crippen LogP contribution < -0.4 is 0 Å². The molecule has 1 rings (SSSR count). The van der Waals surface area contributed by atoms with Crippen LogP contribution in [0.2, 0.25) is 0 Å². The van der Waals surface area contributed by atoms with Gasteiger partial charge in [-0.1, -0.05) is 38.0 Å². The summed E-state index contributed by atoms with van der Waals surface area (Å²) >= 11 is 0. The smallest absolute Gasteiger partial charge is 0.155 e. The number of hydrogen-bond acceptors (Lipinski definition) is 1. The molecule has 0 saturated carbocycles. The number of rotatable bonds is 4. The maximum atomic E-state index is 11.5. The van der Waals surface area contributed by atoms with E-state index in [0.29, 0.717) is 17.6 Å². The van der Waals surface area contributed by atoms with E-state index in [9.17, 15) is 4.79 Å². The second-order valence-electron chi connectivity index (χ2n) is 4.47. The van der Waals surface area contributed by atoms with Crippen molar-refractivity contribution >= 4 is 5.78 Å². The Hall–Kier alpha value is -0.850. The quantitative estimate of drug-likeness (QED) is 0.637. The normalized spacial score (nSPS) is 27.1. The molecule has 0 N–H and O–H groups in total. The fourth-order valence-corrected chi connectivity index (χ4v) is 2.41. The van der Waals surface area contributed by atoms with E-state index in [1.165, 1.54) is 12.0 Å². The average Bonchev–Trinajstić information content (AvgIpc) is 2.17. The van der Waals surface area contributed by atoms with Gasteiger partial charge in [0.2, 0.25) is 0 Å². The van der Waals surface area contributed by atoms with Gasteiger partial charge in [-0.3, -0.25) is 4.79 Å². The van der Waals surface area contributed by atoms with E-state index in [4.69, 9.17) is 0 Å². The highest BCUT2D eigenvalue weighted by Gasteiger charge is 2.26. The van der Waals surface area contributed by atoms with Crippen LogP contribution in [-0.4, -0.2) is 5.78 Å². The first-order valence-corrected chi connectivity index (χ1v) is 6.06. The first-order valence-electron chi connectivity index (χ1n) is 6.06. The highest BCUT2D eigenvalue weighted by Crippen LogP contribution is 2.33. The number of carbonyl (C=O) groups is 1. The van der Waals surface area contributed by atoms with Crippen molar-refractivity contribution in [3.05, 3.63) is 23.8 Å². The van der Waals surface area contributed by atoms with Gasteiger partial charge in [-0.05, 0) is 31.8 Å². The van der Waals surface area contributed by atoms with Gasteiger partial charge in [0.1, 0.15) is 0 Å². The van der Waals surface area contributed by atoms with Crippen LogP contribution in [0.4, 0.5) is 0 Å². The Morgan fingerprint density at radius 2 is 2.20 bits per heavy atom. The van der Waals surface area contributed by atoms with E-state index >= 15 is 0 Å².